The fourth-order valence-electron chi connectivity index (χ4n) is 1.55. The molecule has 5 heteroatoms. The van der Waals surface area contributed by atoms with Gasteiger partial charge in [0.1, 0.15) is 0 Å². The first-order valence-electron chi connectivity index (χ1n) is 5.00. The fraction of sp³-hybridized carbons (Fsp3) is 0.889. The van der Waals surface area contributed by atoms with E-state index in [4.69, 9.17) is 14.3 Å². The summed E-state index contributed by atoms with van der Waals surface area (Å²) < 4.78 is 10.3. The molecule has 1 spiro atoms. The lowest BCUT2D eigenvalue weighted by Gasteiger charge is -2.44. The van der Waals surface area contributed by atoms with Crippen molar-refractivity contribution in [2.75, 3.05) is 13.2 Å². The van der Waals surface area contributed by atoms with Gasteiger partial charge in [0.15, 0.2) is 11.8 Å². The van der Waals surface area contributed by atoms with Gasteiger partial charge in [-0.3, -0.25) is 9.63 Å². The number of nitrogens with one attached hydrogen (secondary N) is 1. The highest BCUT2D eigenvalue weighted by Gasteiger charge is 2.45. The average molecular weight is 201 g/mol. The Labute approximate surface area is 82.7 Å². The molecular formula is C9H15NO4. The molecule has 5 nitrogen and oxygen atoms in total. The van der Waals surface area contributed by atoms with Gasteiger partial charge in [-0.1, -0.05) is 0 Å². The zero-order valence-electron chi connectivity index (χ0n) is 8.25. The maximum atomic E-state index is 11.3. The fourth-order valence-corrected chi connectivity index (χ4v) is 1.55. The van der Waals surface area contributed by atoms with E-state index in [-0.39, 0.29) is 5.97 Å². The zero-order chi connectivity index (χ0) is 10.0. The molecule has 0 aromatic carbocycles. The minimum atomic E-state index is -0.485. The molecule has 0 aromatic rings. The molecule has 1 heterocycles. The highest BCUT2D eigenvalue weighted by molar-refractivity contribution is 5.75. The van der Waals surface area contributed by atoms with Crippen molar-refractivity contribution >= 4 is 5.97 Å². The third-order valence-electron chi connectivity index (χ3n) is 2.59. The van der Waals surface area contributed by atoms with Crippen molar-refractivity contribution in [1.29, 1.82) is 0 Å². The lowest BCUT2D eigenvalue weighted by molar-refractivity contribution is -0.340. The first kappa shape index (κ1) is 9.89. The zero-order valence-corrected chi connectivity index (χ0v) is 8.25. The van der Waals surface area contributed by atoms with E-state index >= 15 is 0 Å². The van der Waals surface area contributed by atoms with Crippen LogP contribution in [-0.4, -0.2) is 31.0 Å². The van der Waals surface area contributed by atoms with Crippen LogP contribution in [0.1, 0.15) is 26.2 Å². The topological polar surface area (TPSA) is 56.8 Å². The summed E-state index contributed by atoms with van der Waals surface area (Å²) in [5.74, 6) is -0.773. The largest absolute Gasteiger partial charge is 0.465 e. The Hall–Kier alpha value is -0.650. The number of carbonyl (C=O) groups is 1. The van der Waals surface area contributed by atoms with E-state index in [0.29, 0.717) is 13.2 Å². The van der Waals surface area contributed by atoms with Gasteiger partial charge in [0.2, 0.25) is 0 Å². The molecule has 0 bridgehead atoms. The predicted molar refractivity (Wildman–Crippen MR) is 47.2 cm³/mol. The van der Waals surface area contributed by atoms with E-state index < -0.39 is 11.8 Å². The van der Waals surface area contributed by atoms with Crippen LogP contribution in [-0.2, 0) is 19.1 Å². The number of rotatable bonds is 2. The maximum absolute atomic E-state index is 11.3. The number of carbonyl (C=O) groups excluding carboxylic acids is 1. The molecule has 1 aliphatic carbocycles. The number of esters is 1. The minimum absolute atomic E-state index is 0.318. The molecule has 2 rings (SSSR count). The van der Waals surface area contributed by atoms with Crippen LogP contribution in [0, 0.1) is 0 Å². The average Bonchev–Trinajstić information content (AvgIpc) is 2.16. The molecule has 0 amide bonds. The summed E-state index contributed by atoms with van der Waals surface area (Å²) in [7, 11) is 0. The summed E-state index contributed by atoms with van der Waals surface area (Å²) in [6.45, 7) is 2.48. The van der Waals surface area contributed by atoms with Gasteiger partial charge in [-0.25, -0.2) is 0 Å². The molecule has 1 aliphatic heterocycles. The van der Waals surface area contributed by atoms with Crippen molar-refractivity contribution < 1.29 is 19.1 Å². The van der Waals surface area contributed by atoms with Gasteiger partial charge in [0.05, 0.1) is 13.2 Å². The number of hydroxylamine groups is 1. The molecule has 80 valence electrons. The molecule has 14 heavy (non-hydrogen) atoms. The van der Waals surface area contributed by atoms with Crippen molar-refractivity contribution in [2.45, 2.75) is 38.0 Å². The summed E-state index contributed by atoms with van der Waals surface area (Å²) in [5.41, 5.74) is 2.70. The molecule has 0 unspecified atom stereocenters. The highest BCUT2D eigenvalue weighted by atomic mass is 16.8. The highest BCUT2D eigenvalue weighted by Crippen LogP contribution is 2.37. The van der Waals surface area contributed by atoms with E-state index in [0.717, 1.165) is 19.3 Å². The van der Waals surface area contributed by atoms with Gasteiger partial charge >= 0.3 is 5.97 Å². The monoisotopic (exact) mass is 201 g/mol. The first-order valence-corrected chi connectivity index (χ1v) is 5.00. The third kappa shape index (κ3) is 1.75. The second kappa shape index (κ2) is 3.84. The van der Waals surface area contributed by atoms with Gasteiger partial charge in [0, 0.05) is 12.8 Å². The standard InChI is InChI=1S/C9H15NO4/c1-2-12-8(11)7-6-13-9(14-10-7)4-3-5-9/h7,10H,2-6H2,1H3/t7-/m0/s1. The number of hydrogen-bond acceptors (Lipinski definition) is 5. The van der Waals surface area contributed by atoms with Crippen molar-refractivity contribution in [3.05, 3.63) is 0 Å². The summed E-state index contributed by atoms with van der Waals surface area (Å²) >= 11 is 0. The van der Waals surface area contributed by atoms with Crippen molar-refractivity contribution in [2.24, 2.45) is 0 Å². The Balaban J connectivity index is 1.80. The Bertz CT molecular complexity index is 217. The van der Waals surface area contributed by atoms with Crippen molar-refractivity contribution in [1.82, 2.24) is 5.48 Å². The molecule has 0 aromatic heterocycles. The van der Waals surface area contributed by atoms with Gasteiger partial charge in [-0.15, -0.1) is 0 Å². The van der Waals surface area contributed by atoms with Crippen LogP contribution >= 0.6 is 0 Å². The van der Waals surface area contributed by atoms with Crippen molar-refractivity contribution in [3.63, 3.8) is 0 Å². The molecule has 1 saturated carbocycles. The minimum Gasteiger partial charge on any atom is -0.465 e. The number of hydrogen-bond donors (Lipinski definition) is 1. The normalized spacial score (nSPS) is 29.6. The molecule has 2 aliphatic rings. The van der Waals surface area contributed by atoms with E-state index in [2.05, 4.69) is 5.48 Å². The van der Waals surface area contributed by atoms with E-state index in [1.807, 2.05) is 0 Å². The summed E-state index contributed by atoms with van der Waals surface area (Å²) in [6.07, 6.45) is 2.91. The molecular weight excluding hydrogens is 186 g/mol. The Morgan fingerprint density at radius 2 is 2.43 bits per heavy atom. The lowest BCUT2D eigenvalue weighted by Crippen LogP contribution is -2.58. The van der Waals surface area contributed by atoms with Crippen LogP contribution in [0.25, 0.3) is 0 Å². The van der Waals surface area contributed by atoms with Crippen LogP contribution in [0.5, 0.6) is 0 Å². The quantitative estimate of drug-likeness (QED) is 0.653. The Kier molecular flexibility index (Phi) is 2.71. The SMILES string of the molecule is CCOC(=O)[C@@H]1COC2(CCC2)ON1. The van der Waals surface area contributed by atoms with Gasteiger partial charge in [-0.2, -0.15) is 5.48 Å². The van der Waals surface area contributed by atoms with Crippen LogP contribution in [0.15, 0.2) is 0 Å². The molecule has 1 N–H and O–H groups in total. The van der Waals surface area contributed by atoms with Gasteiger partial charge in [-0.05, 0) is 13.3 Å². The summed E-state index contributed by atoms with van der Waals surface area (Å²) in [5, 5.41) is 0. The van der Waals surface area contributed by atoms with Crippen LogP contribution in [0.2, 0.25) is 0 Å². The summed E-state index contributed by atoms with van der Waals surface area (Å²) in [4.78, 5) is 16.6. The first-order chi connectivity index (χ1) is 6.76. The van der Waals surface area contributed by atoms with Crippen LogP contribution in [0.4, 0.5) is 0 Å². The Morgan fingerprint density at radius 3 is 2.86 bits per heavy atom. The maximum Gasteiger partial charge on any atom is 0.327 e. The third-order valence-corrected chi connectivity index (χ3v) is 2.59. The van der Waals surface area contributed by atoms with Gasteiger partial charge in [0.25, 0.3) is 0 Å². The lowest BCUT2D eigenvalue weighted by atomic mass is 9.91. The van der Waals surface area contributed by atoms with Crippen LogP contribution < -0.4 is 5.48 Å². The molecule has 1 atom stereocenters. The second-order valence-electron chi connectivity index (χ2n) is 3.60. The van der Waals surface area contributed by atoms with E-state index in [1.165, 1.54) is 0 Å². The predicted octanol–water partition coefficient (Wildman–Crippen LogP) is 0.350. The smallest absolute Gasteiger partial charge is 0.327 e. The van der Waals surface area contributed by atoms with Crippen LogP contribution in [0.3, 0.4) is 0 Å². The Morgan fingerprint density at radius 1 is 1.64 bits per heavy atom. The van der Waals surface area contributed by atoms with E-state index in [9.17, 15) is 4.79 Å². The molecule has 1 saturated heterocycles. The van der Waals surface area contributed by atoms with Crippen molar-refractivity contribution in [3.8, 4) is 0 Å². The number of ether oxygens (including phenoxy) is 2. The second-order valence-corrected chi connectivity index (χ2v) is 3.60. The molecule has 2 fully saturated rings. The molecule has 0 radical (unpaired) electrons. The van der Waals surface area contributed by atoms with Gasteiger partial charge < -0.3 is 9.47 Å². The summed E-state index contributed by atoms with van der Waals surface area (Å²) in [6, 6.07) is -0.485. The van der Waals surface area contributed by atoms with E-state index in [1.54, 1.807) is 6.92 Å².